The van der Waals surface area contributed by atoms with Crippen molar-refractivity contribution in [3.8, 4) is 17.2 Å². The molecule has 0 unspecified atom stereocenters. The maximum Gasteiger partial charge on any atom is 0.255 e. The zero-order chi connectivity index (χ0) is 20.4. The van der Waals surface area contributed by atoms with Crippen LogP contribution in [0.1, 0.15) is 49.0 Å². The number of nitrogens with one attached hydrogen (secondary N) is 1. The van der Waals surface area contributed by atoms with Gasteiger partial charge in [0.25, 0.3) is 5.91 Å². The van der Waals surface area contributed by atoms with Crippen LogP contribution in [0.15, 0.2) is 40.9 Å². The zero-order valence-corrected chi connectivity index (χ0v) is 18.3. The summed E-state index contributed by atoms with van der Waals surface area (Å²) in [5, 5.41) is 2.95. The number of benzene rings is 2. The fraction of sp³-hybridized carbons (Fsp3) is 0.409. The Bertz CT molecular complexity index is 779. The molecule has 6 heteroatoms. The van der Waals surface area contributed by atoms with Crippen molar-refractivity contribution >= 4 is 21.8 Å². The monoisotopic (exact) mass is 449 g/mol. The van der Waals surface area contributed by atoms with Crippen molar-refractivity contribution in [2.24, 2.45) is 0 Å². The van der Waals surface area contributed by atoms with Gasteiger partial charge in [-0.3, -0.25) is 4.79 Å². The third kappa shape index (κ3) is 6.44. The SMILES string of the molecule is CCCCOc1ccc(CNC(=O)c2cc(Br)ccc2OCCC)cc1OC. The van der Waals surface area contributed by atoms with Crippen molar-refractivity contribution in [2.45, 2.75) is 39.7 Å². The molecule has 0 atom stereocenters. The van der Waals surface area contributed by atoms with Gasteiger partial charge in [0.15, 0.2) is 11.5 Å². The Labute approximate surface area is 175 Å². The first-order valence-corrected chi connectivity index (χ1v) is 10.4. The topological polar surface area (TPSA) is 56.8 Å². The highest BCUT2D eigenvalue weighted by molar-refractivity contribution is 9.10. The minimum atomic E-state index is -0.186. The summed E-state index contributed by atoms with van der Waals surface area (Å²) in [5.74, 6) is 1.78. The number of rotatable bonds is 11. The van der Waals surface area contributed by atoms with E-state index >= 15 is 0 Å². The Morgan fingerprint density at radius 3 is 2.43 bits per heavy atom. The lowest BCUT2D eigenvalue weighted by atomic mass is 10.1. The van der Waals surface area contributed by atoms with Gasteiger partial charge >= 0.3 is 0 Å². The Kier molecular flexibility index (Phi) is 9.14. The van der Waals surface area contributed by atoms with Crippen LogP contribution < -0.4 is 19.5 Å². The Morgan fingerprint density at radius 1 is 0.964 bits per heavy atom. The first-order chi connectivity index (χ1) is 13.6. The second-order valence-electron chi connectivity index (χ2n) is 6.36. The molecule has 0 aromatic heterocycles. The van der Waals surface area contributed by atoms with Gasteiger partial charge < -0.3 is 19.5 Å². The van der Waals surface area contributed by atoms with Crippen LogP contribution in [0.3, 0.4) is 0 Å². The van der Waals surface area contributed by atoms with E-state index in [0.29, 0.717) is 42.6 Å². The number of ether oxygens (including phenoxy) is 3. The summed E-state index contributed by atoms with van der Waals surface area (Å²) in [6, 6.07) is 11.1. The number of hydrogen-bond acceptors (Lipinski definition) is 4. The quantitative estimate of drug-likeness (QED) is 0.469. The summed E-state index contributed by atoms with van der Waals surface area (Å²) in [5.41, 5.74) is 1.44. The highest BCUT2D eigenvalue weighted by atomic mass is 79.9. The normalized spacial score (nSPS) is 10.4. The van der Waals surface area contributed by atoms with Gasteiger partial charge in [0, 0.05) is 11.0 Å². The molecule has 0 aliphatic heterocycles. The summed E-state index contributed by atoms with van der Waals surface area (Å²) in [6.07, 6.45) is 2.95. The number of methoxy groups -OCH3 is 1. The number of unbranched alkanes of at least 4 members (excludes halogenated alkanes) is 1. The lowest BCUT2D eigenvalue weighted by Crippen LogP contribution is -2.23. The number of carbonyl (C=O) groups excluding carboxylic acids is 1. The fourth-order valence-corrected chi connectivity index (χ4v) is 2.92. The van der Waals surface area contributed by atoms with Crippen LogP contribution >= 0.6 is 15.9 Å². The smallest absolute Gasteiger partial charge is 0.255 e. The van der Waals surface area contributed by atoms with Gasteiger partial charge in [-0.2, -0.15) is 0 Å². The molecule has 0 bridgehead atoms. The number of amides is 1. The van der Waals surface area contributed by atoms with Crippen molar-refractivity contribution in [1.82, 2.24) is 5.32 Å². The molecular formula is C22H28BrNO4. The van der Waals surface area contributed by atoms with E-state index in [0.717, 1.165) is 29.3 Å². The Balaban J connectivity index is 2.05. The first kappa shape index (κ1) is 22.1. The molecule has 28 heavy (non-hydrogen) atoms. The van der Waals surface area contributed by atoms with Crippen molar-refractivity contribution in [2.75, 3.05) is 20.3 Å². The van der Waals surface area contributed by atoms with E-state index in [4.69, 9.17) is 14.2 Å². The molecule has 1 amide bonds. The minimum absolute atomic E-state index is 0.186. The lowest BCUT2D eigenvalue weighted by Gasteiger charge is -2.14. The fourth-order valence-electron chi connectivity index (χ4n) is 2.56. The molecule has 1 N–H and O–H groups in total. The molecule has 0 spiro atoms. The molecule has 2 aromatic rings. The minimum Gasteiger partial charge on any atom is -0.493 e. The van der Waals surface area contributed by atoms with Gasteiger partial charge in [-0.05, 0) is 48.7 Å². The molecule has 0 aliphatic carbocycles. The van der Waals surface area contributed by atoms with Gasteiger partial charge in [0.1, 0.15) is 5.75 Å². The summed E-state index contributed by atoms with van der Waals surface area (Å²) >= 11 is 3.42. The van der Waals surface area contributed by atoms with E-state index in [2.05, 4.69) is 28.2 Å². The first-order valence-electron chi connectivity index (χ1n) is 9.59. The zero-order valence-electron chi connectivity index (χ0n) is 16.7. The third-order valence-electron chi connectivity index (χ3n) is 4.08. The molecule has 0 radical (unpaired) electrons. The maximum absolute atomic E-state index is 12.7. The van der Waals surface area contributed by atoms with Crippen molar-refractivity contribution in [3.63, 3.8) is 0 Å². The molecule has 2 rings (SSSR count). The highest BCUT2D eigenvalue weighted by Gasteiger charge is 2.14. The van der Waals surface area contributed by atoms with Crippen LogP contribution in [-0.4, -0.2) is 26.2 Å². The summed E-state index contributed by atoms with van der Waals surface area (Å²) in [4.78, 5) is 12.7. The summed E-state index contributed by atoms with van der Waals surface area (Å²) in [6.45, 7) is 5.76. The average molecular weight is 450 g/mol. The molecule has 2 aromatic carbocycles. The van der Waals surface area contributed by atoms with Crippen LogP contribution in [0.4, 0.5) is 0 Å². The van der Waals surface area contributed by atoms with E-state index in [1.54, 1.807) is 19.2 Å². The maximum atomic E-state index is 12.7. The predicted molar refractivity (Wildman–Crippen MR) is 114 cm³/mol. The predicted octanol–water partition coefficient (Wildman–Crippen LogP) is 5.36. The van der Waals surface area contributed by atoms with Gasteiger partial charge in [0.05, 0.1) is 25.9 Å². The van der Waals surface area contributed by atoms with Gasteiger partial charge in [-0.1, -0.05) is 42.3 Å². The molecule has 152 valence electrons. The standard InChI is InChI=1S/C22H28BrNO4/c1-4-6-12-28-20-9-7-16(13-21(20)26-3)15-24-22(25)18-14-17(23)8-10-19(18)27-11-5-2/h7-10,13-14H,4-6,11-12,15H2,1-3H3,(H,24,25). The number of carbonyl (C=O) groups is 1. The Morgan fingerprint density at radius 2 is 1.71 bits per heavy atom. The molecule has 0 saturated heterocycles. The molecular weight excluding hydrogens is 422 g/mol. The van der Waals surface area contributed by atoms with E-state index < -0.39 is 0 Å². The molecule has 0 saturated carbocycles. The summed E-state index contributed by atoms with van der Waals surface area (Å²) < 4.78 is 17.7. The Hall–Kier alpha value is -2.21. The second kappa shape index (κ2) is 11.6. The van der Waals surface area contributed by atoms with Crippen LogP contribution in [0.5, 0.6) is 17.2 Å². The van der Waals surface area contributed by atoms with E-state index in [-0.39, 0.29) is 5.91 Å². The van der Waals surface area contributed by atoms with E-state index in [1.807, 2.05) is 31.2 Å². The number of halogens is 1. The number of hydrogen-bond donors (Lipinski definition) is 1. The largest absolute Gasteiger partial charge is 0.493 e. The van der Waals surface area contributed by atoms with Crippen molar-refractivity contribution in [1.29, 1.82) is 0 Å². The molecule has 0 heterocycles. The second-order valence-corrected chi connectivity index (χ2v) is 7.27. The molecule has 0 aliphatic rings. The van der Waals surface area contributed by atoms with Crippen LogP contribution in [0, 0.1) is 0 Å². The summed E-state index contributed by atoms with van der Waals surface area (Å²) in [7, 11) is 1.61. The van der Waals surface area contributed by atoms with E-state index in [1.165, 1.54) is 0 Å². The van der Waals surface area contributed by atoms with Crippen LogP contribution in [0.25, 0.3) is 0 Å². The highest BCUT2D eigenvalue weighted by Crippen LogP contribution is 2.28. The van der Waals surface area contributed by atoms with Crippen LogP contribution in [0.2, 0.25) is 0 Å². The van der Waals surface area contributed by atoms with Crippen molar-refractivity contribution in [3.05, 3.63) is 52.0 Å². The molecule has 0 fully saturated rings. The lowest BCUT2D eigenvalue weighted by molar-refractivity contribution is 0.0946. The third-order valence-corrected chi connectivity index (χ3v) is 4.58. The van der Waals surface area contributed by atoms with Gasteiger partial charge in [-0.25, -0.2) is 0 Å². The van der Waals surface area contributed by atoms with Gasteiger partial charge in [-0.15, -0.1) is 0 Å². The van der Waals surface area contributed by atoms with Gasteiger partial charge in [0.2, 0.25) is 0 Å². The average Bonchev–Trinajstić information content (AvgIpc) is 2.71. The molecule has 5 nitrogen and oxygen atoms in total. The van der Waals surface area contributed by atoms with Crippen LogP contribution in [-0.2, 0) is 6.54 Å². The van der Waals surface area contributed by atoms with E-state index in [9.17, 15) is 4.79 Å². The van der Waals surface area contributed by atoms with Crippen molar-refractivity contribution < 1.29 is 19.0 Å².